The van der Waals surface area contributed by atoms with E-state index in [9.17, 15) is 4.39 Å². The Morgan fingerprint density at radius 3 is 2.00 bits per heavy atom. The number of hydrogen-bond acceptors (Lipinski definition) is 3. The van der Waals surface area contributed by atoms with Crippen LogP contribution in [0, 0.1) is 5.82 Å². The Morgan fingerprint density at radius 2 is 1.48 bits per heavy atom. The van der Waals surface area contributed by atoms with Crippen LogP contribution in [0.2, 0.25) is 0 Å². The standard InChI is InChI=1S/C16H16BFO3/c1-19-16-10-20-17(21-11-16)14-6-2-12(3-7-14)13-4-8-15(18)9-5-13/h2-9,16H,10-11H2,1H3. The van der Waals surface area contributed by atoms with E-state index in [-0.39, 0.29) is 19.0 Å². The molecule has 0 unspecified atom stereocenters. The molecule has 0 saturated carbocycles. The highest BCUT2D eigenvalue weighted by Crippen LogP contribution is 2.18. The molecule has 0 radical (unpaired) electrons. The molecule has 0 bridgehead atoms. The average molecular weight is 286 g/mol. The zero-order valence-corrected chi connectivity index (χ0v) is 11.8. The lowest BCUT2D eigenvalue weighted by molar-refractivity contribution is -0.0186. The fourth-order valence-corrected chi connectivity index (χ4v) is 2.29. The summed E-state index contributed by atoms with van der Waals surface area (Å²) in [5.41, 5.74) is 2.98. The first kappa shape index (κ1) is 14.3. The van der Waals surface area contributed by atoms with Gasteiger partial charge in [0.2, 0.25) is 0 Å². The summed E-state index contributed by atoms with van der Waals surface area (Å²) in [4.78, 5) is 0. The molecule has 0 atom stereocenters. The van der Waals surface area contributed by atoms with Gasteiger partial charge in [0.05, 0.1) is 13.2 Å². The van der Waals surface area contributed by atoms with Gasteiger partial charge in [-0.1, -0.05) is 36.4 Å². The Balaban J connectivity index is 1.71. The summed E-state index contributed by atoms with van der Waals surface area (Å²) in [7, 11) is 1.30. The largest absolute Gasteiger partial charge is 0.494 e. The van der Waals surface area contributed by atoms with Crippen LogP contribution in [0.4, 0.5) is 4.39 Å². The summed E-state index contributed by atoms with van der Waals surface area (Å²) in [6.45, 7) is 1.06. The number of methoxy groups -OCH3 is 1. The van der Waals surface area contributed by atoms with Crippen LogP contribution in [0.5, 0.6) is 0 Å². The van der Waals surface area contributed by atoms with Crippen molar-refractivity contribution < 1.29 is 18.4 Å². The van der Waals surface area contributed by atoms with Gasteiger partial charge in [0.15, 0.2) is 0 Å². The lowest BCUT2D eigenvalue weighted by atomic mass is 9.77. The normalized spacial score (nSPS) is 16.2. The first-order valence-electron chi connectivity index (χ1n) is 6.88. The Hall–Kier alpha value is -1.69. The van der Waals surface area contributed by atoms with E-state index in [0.29, 0.717) is 13.2 Å². The fraction of sp³-hybridized carbons (Fsp3) is 0.250. The predicted octanol–water partition coefficient (Wildman–Crippen LogP) is 2.25. The molecule has 1 aliphatic rings. The second kappa shape index (κ2) is 6.39. The summed E-state index contributed by atoms with van der Waals surface area (Å²) in [5, 5.41) is 0. The minimum absolute atomic E-state index is 0.000242. The lowest BCUT2D eigenvalue weighted by Gasteiger charge is -2.26. The van der Waals surface area contributed by atoms with E-state index in [0.717, 1.165) is 16.6 Å². The third kappa shape index (κ3) is 3.32. The van der Waals surface area contributed by atoms with E-state index in [2.05, 4.69) is 0 Å². The molecule has 3 nitrogen and oxygen atoms in total. The third-order valence-corrected chi connectivity index (χ3v) is 3.56. The number of hydrogen-bond donors (Lipinski definition) is 0. The number of ether oxygens (including phenoxy) is 1. The van der Waals surface area contributed by atoms with Gasteiger partial charge >= 0.3 is 7.12 Å². The molecule has 1 fully saturated rings. The van der Waals surface area contributed by atoms with Crippen molar-refractivity contribution in [3.05, 3.63) is 54.3 Å². The Kier molecular flexibility index (Phi) is 4.34. The first-order chi connectivity index (χ1) is 10.3. The van der Waals surface area contributed by atoms with Crippen molar-refractivity contribution in [3.63, 3.8) is 0 Å². The van der Waals surface area contributed by atoms with E-state index in [1.165, 1.54) is 12.1 Å². The second-order valence-corrected chi connectivity index (χ2v) is 4.99. The summed E-state index contributed by atoms with van der Waals surface area (Å²) < 4.78 is 29.4. The van der Waals surface area contributed by atoms with Gasteiger partial charge in [0.25, 0.3) is 0 Å². The summed E-state index contributed by atoms with van der Waals surface area (Å²) in [6, 6.07) is 14.4. The van der Waals surface area contributed by atoms with E-state index in [4.69, 9.17) is 14.0 Å². The molecule has 1 heterocycles. The molecule has 0 amide bonds. The van der Waals surface area contributed by atoms with Crippen LogP contribution >= 0.6 is 0 Å². The highest BCUT2D eigenvalue weighted by molar-refractivity contribution is 6.61. The fourth-order valence-electron chi connectivity index (χ4n) is 2.29. The highest BCUT2D eigenvalue weighted by atomic mass is 19.1. The minimum Gasteiger partial charge on any atom is -0.404 e. The molecule has 0 aromatic heterocycles. The molecule has 3 rings (SSSR count). The van der Waals surface area contributed by atoms with Gasteiger partial charge in [0, 0.05) is 7.11 Å². The van der Waals surface area contributed by atoms with Crippen molar-refractivity contribution in [1.82, 2.24) is 0 Å². The molecule has 0 aliphatic carbocycles. The molecule has 5 heteroatoms. The Morgan fingerprint density at radius 1 is 0.952 bits per heavy atom. The summed E-state index contributed by atoms with van der Waals surface area (Å²) >= 11 is 0. The van der Waals surface area contributed by atoms with Gasteiger partial charge < -0.3 is 14.0 Å². The maximum Gasteiger partial charge on any atom is 0.494 e. The van der Waals surface area contributed by atoms with Gasteiger partial charge in [-0.25, -0.2) is 4.39 Å². The van der Waals surface area contributed by atoms with Crippen molar-refractivity contribution >= 4 is 12.6 Å². The molecule has 2 aromatic rings. The topological polar surface area (TPSA) is 27.7 Å². The Labute approximate surface area is 123 Å². The van der Waals surface area contributed by atoms with Crippen LogP contribution in [0.15, 0.2) is 48.5 Å². The third-order valence-electron chi connectivity index (χ3n) is 3.56. The quantitative estimate of drug-likeness (QED) is 0.810. The number of rotatable bonds is 3. The highest BCUT2D eigenvalue weighted by Gasteiger charge is 2.28. The molecule has 21 heavy (non-hydrogen) atoms. The molecular weight excluding hydrogens is 270 g/mol. The number of halogens is 1. The van der Waals surface area contributed by atoms with Gasteiger partial charge in [0.1, 0.15) is 11.9 Å². The molecule has 0 N–H and O–H groups in total. The van der Waals surface area contributed by atoms with Crippen molar-refractivity contribution in [2.24, 2.45) is 0 Å². The van der Waals surface area contributed by atoms with E-state index in [1.807, 2.05) is 24.3 Å². The summed E-state index contributed by atoms with van der Waals surface area (Å²) in [6.07, 6.45) is -0.000242. The first-order valence-corrected chi connectivity index (χ1v) is 6.88. The smallest absolute Gasteiger partial charge is 0.404 e. The maximum atomic E-state index is 12.9. The second-order valence-electron chi connectivity index (χ2n) is 4.99. The summed E-state index contributed by atoms with van der Waals surface area (Å²) in [5.74, 6) is -0.230. The van der Waals surface area contributed by atoms with Crippen LogP contribution in [0.3, 0.4) is 0 Å². The predicted molar refractivity (Wildman–Crippen MR) is 79.9 cm³/mol. The van der Waals surface area contributed by atoms with Crippen LogP contribution in [-0.4, -0.2) is 33.5 Å². The molecular formula is C16H16BFO3. The van der Waals surface area contributed by atoms with Crippen molar-refractivity contribution in [1.29, 1.82) is 0 Å². The van der Waals surface area contributed by atoms with Gasteiger partial charge in [-0.2, -0.15) is 0 Å². The van der Waals surface area contributed by atoms with Crippen molar-refractivity contribution in [3.8, 4) is 11.1 Å². The molecule has 1 saturated heterocycles. The van der Waals surface area contributed by atoms with Crippen molar-refractivity contribution in [2.75, 3.05) is 20.3 Å². The van der Waals surface area contributed by atoms with Gasteiger partial charge in [-0.3, -0.25) is 0 Å². The monoisotopic (exact) mass is 286 g/mol. The van der Waals surface area contributed by atoms with Crippen molar-refractivity contribution in [2.45, 2.75) is 6.10 Å². The zero-order valence-electron chi connectivity index (χ0n) is 11.8. The lowest BCUT2D eigenvalue weighted by Crippen LogP contribution is -2.46. The van der Waals surface area contributed by atoms with E-state index < -0.39 is 0 Å². The maximum absolute atomic E-state index is 12.9. The molecule has 0 spiro atoms. The SMILES string of the molecule is COC1COB(c2ccc(-c3ccc(F)cc3)cc2)OC1. The molecule has 2 aromatic carbocycles. The molecule has 108 valence electrons. The zero-order chi connectivity index (χ0) is 14.7. The van der Waals surface area contributed by atoms with Crippen LogP contribution in [0.1, 0.15) is 0 Å². The molecule has 1 aliphatic heterocycles. The van der Waals surface area contributed by atoms with Crippen LogP contribution < -0.4 is 5.46 Å². The van der Waals surface area contributed by atoms with Gasteiger partial charge in [-0.05, 0) is 28.7 Å². The number of benzene rings is 2. The van der Waals surface area contributed by atoms with E-state index in [1.54, 1.807) is 19.2 Å². The van der Waals surface area contributed by atoms with Gasteiger partial charge in [-0.15, -0.1) is 0 Å². The Bertz CT molecular complexity index is 577. The average Bonchev–Trinajstić information content (AvgIpc) is 2.56. The minimum atomic E-state index is -0.348. The van der Waals surface area contributed by atoms with Crippen LogP contribution in [0.25, 0.3) is 11.1 Å². The van der Waals surface area contributed by atoms with E-state index >= 15 is 0 Å². The van der Waals surface area contributed by atoms with Crippen LogP contribution in [-0.2, 0) is 14.0 Å².